The molecule has 3 aromatic rings. The molecule has 0 spiro atoms. The first-order chi connectivity index (χ1) is 12.0. The van der Waals surface area contributed by atoms with Crippen LogP contribution >= 0.6 is 0 Å². The summed E-state index contributed by atoms with van der Waals surface area (Å²) in [5.74, 6) is 0.617. The van der Waals surface area contributed by atoms with Gasteiger partial charge in [0.1, 0.15) is 17.0 Å². The first kappa shape index (κ1) is 15.7. The lowest BCUT2D eigenvalue weighted by atomic mass is 9.94. The van der Waals surface area contributed by atoms with Crippen LogP contribution in [0.2, 0.25) is 0 Å². The fourth-order valence-electron chi connectivity index (χ4n) is 3.56. The molecule has 25 heavy (non-hydrogen) atoms. The van der Waals surface area contributed by atoms with E-state index in [1.165, 1.54) is 0 Å². The van der Waals surface area contributed by atoms with Crippen LogP contribution in [0.1, 0.15) is 63.7 Å². The number of amides is 1. The summed E-state index contributed by atoms with van der Waals surface area (Å²) in [5.41, 5.74) is 3.61. The van der Waals surface area contributed by atoms with E-state index in [4.69, 9.17) is 4.42 Å². The van der Waals surface area contributed by atoms with Gasteiger partial charge in [0.25, 0.3) is 5.91 Å². The first-order valence-electron chi connectivity index (χ1n) is 8.58. The number of hydrogen-bond donors (Lipinski definition) is 2. The lowest BCUT2D eigenvalue weighted by Gasteiger charge is -2.11. The molecule has 1 aliphatic rings. The minimum atomic E-state index is -0.268. The van der Waals surface area contributed by atoms with Crippen molar-refractivity contribution in [3.05, 3.63) is 58.6 Å². The number of aromatic nitrogens is 1. The number of H-pyrrole nitrogens is 1. The van der Waals surface area contributed by atoms with Crippen LogP contribution in [-0.4, -0.2) is 16.7 Å². The smallest absolute Gasteiger partial charge is 0.268 e. The van der Waals surface area contributed by atoms with E-state index in [0.29, 0.717) is 23.4 Å². The predicted molar refractivity (Wildman–Crippen MR) is 94.9 cm³/mol. The first-order valence-corrected chi connectivity index (χ1v) is 8.58. The zero-order chi connectivity index (χ0) is 17.6. The van der Waals surface area contributed by atoms with Gasteiger partial charge in [0.15, 0.2) is 5.78 Å². The zero-order valence-electron chi connectivity index (χ0n) is 14.3. The van der Waals surface area contributed by atoms with Gasteiger partial charge in [-0.25, -0.2) is 0 Å². The highest BCUT2D eigenvalue weighted by Gasteiger charge is 2.27. The summed E-state index contributed by atoms with van der Waals surface area (Å²) in [4.78, 5) is 28.0. The second-order valence-electron chi connectivity index (χ2n) is 6.64. The third-order valence-corrected chi connectivity index (χ3v) is 4.88. The molecule has 1 atom stereocenters. The SMILES string of the molecule is Cc1c(C(=O)N[C@@H](C)c2cc3ccccc3o2)[nH]c2c1C(=O)CCC2. The molecule has 0 bridgehead atoms. The largest absolute Gasteiger partial charge is 0.459 e. The molecule has 0 saturated heterocycles. The number of carbonyl (C=O) groups is 2. The Morgan fingerprint density at radius 1 is 1.28 bits per heavy atom. The summed E-state index contributed by atoms with van der Waals surface area (Å²) < 4.78 is 5.82. The van der Waals surface area contributed by atoms with E-state index in [1.807, 2.05) is 44.2 Å². The van der Waals surface area contributed by atoms with Crippen molar-refractivity contribution in [2.24, 2.45) is 0 Å². The Balaban J connectivity index is 1.58. The Kier molecular flexibility index (Phi) is 3.71. The van der Waals surface area contributed by atoms with E-state index in [0.717, 1.165) is 35.1 Å². The average molecular weight is 336 g/mol. The predicted octanol–water partition coefficient (Wildman–Crippen LogP) is 4.08. The van der Waals surface area contributed by atoms with Gasteiger partial charge in [0, 0.05) is 23.1 Å². The quantitative estimate of drug-likeness (QED) is 0.757. The van der Waals surface area contributed by atoms with Gasteiger partial charge in [-0.15, -0.1) is 0 Å². The van der Waals surface area contributed by atoms with Crippen LogP contribution < -0.4 is 5.32 Å². The number of Topliss-reactive ketones (excluding diaryl/α,β-unsaturated/α-hetero) is 1. The second kappa shape index (κ2) is 5.92. The van der Waals surface area contributed by atoms with Crippen LogP contribution in [0.4, 0.5) is 0 Å². The number of nitrogens with one attached hydrogen (secondary N) is 2. The number of carbonyl (C=O) groups excluding carboxylic acids is 2. The minimum Gasteiger partial charge on any atom is -0.459 e. The molecule has 0 fully saturated rings. The Labute approximate surface area is 145 Å². The number of rotatable bonds is 3. The molecule has 4 rings (SSSR count). The van der Waals surface area contributed by atoms with Gasteiger partial charge >= 0.3 is 0 Å². The molecule has 2 N–H and O–H groups in total. The lowest BCUT2D eigenvalue weighted by molar-refractivity contribution is 0.0930. The Morgan fingerprint density at radius 3 is 2.84 bits per heavy atom. The molecular formula is C20H20N2O3. The molecule has 128 valence electrons. The summed E-state index contributed by atoms with van der Waals surface area (Å²) in [6.07, 6.45) is 2.21. The van der Waals surface area contributed by atoms with Crippen molar-refractivity contribution in [1.82, 2.24) is 10.3 Å². The van der Waals surface area contributed by atoms with Crippen molar-refractivity contribution in [2.75, 3.05) is 0 Å². The number of fused-ring (bicyclic) bond motifs is 2. The Hall–Kier alpha value is -2.82. The molecule has 2 heterocycles. The number of hydrogen-bond acceptors (Lipinski definition) is 3. The minimum absolute atomic E-state index is 0.124. The molecule has 5 heteroatoms. The monoisotopic (exact) mass is 336 g/mol. The number of ketones is 1. The standard InChI is InChI=1S/C20H20N2O3/c1-11-18-14(7-5-8-15(18)23)22-19(11)20(24)21-12(2)17-10-13-6-3-4-9-16(13)25-17/h3-4,6,9-10,12,22H,5,7-8H2,1-2H3,(H,21,24)/t12-/m0/s1. The van der Waals surface area contributed by atoms with Crippen molar-refractivity contribution in [3.8, 4) is 0 Å². The van der Waals surface area contributed by atoms with E-state index in [1.54, 1.807) is 0 Å². The van der Waals surface area contributed by atoms with Gasteiger partial charge in [0.2, 0.25) is 0 Å². The maximum atomic E-state index is 12.7. The molecular weight excluding hydrogens is 316 g/mol. The van der Waals surface area contributed by atoms with E-state index in [2.05, 4.69) is 10.3 Å². The van der Waals surface area contributed by atoms with E-state index >= 15 is 0 Å². The van der Waals surface area contributed by atoms with Gasteiger partial charge in [-0.3, -0.25) is 9.59 Å². The molecule has 2 aromatic heterocycles. The van der Waals surface area contributed by atoms with Crippen molar-refractivity contribution in [3.63, 3.8) is 0 Å². The Bertz CT molecular complexity index is 947. The lowest BCUT2D eigenvalue weighted by Crippen LogP contribution is -2.27. The third-order valence-electron chi connectivity index (χ3n) is 4.88. The number of furan rings is 1. The molecule has 1 amide bonds. The highest BCUT2D eigenvalue weighted by Crippen LogP contribution is 2.27. The van der Waals surface area contributed by atoms with Gasteiger partial charge < -0.3 is 14.7 Å². The normalized spacial score (nSPS) is 15.2. The van der Waals surface area contributed by atoms with Crippen molar-refractivity contribution in [1.29, 1.82) is 0 Å². The maximum absolute atomic E-state index is 12.7. The van der Waals surface area contributed by atoms with Crippen molar-refractivity contribution >= 4 is 22.7 Å². The van der Waals surface area contributed by atoms with Crippen molar-refractivity contribution < 1.29 is 14.0 Å². The van der Waals surface area contributed by atoms with Gasteiger partial charge in [0.05, 0.1) is 6.04 Å². The van der Waals surface area contributed by atoms with E-state index in [-0.39, 0.29) is 17.7 Å². The Morgan fingerprint density at radius 2 is 2.08 bits per heavy atom. The molecule has 0 saturated carbocycles. The van der Waals surface area contributed by atoms with E-state index < -0.39 is 0 Å². The molecule has 0 radical (unpaired) electrons. The number of benzene rings is 1. The zero-order valence-corrected chi connectivity index (χ0v) is 14.3. The summed E-state index contributed by atoms with van der Waals surface area (Å²) in [5, 5.41) is 3.97. The summed E-state index contributed by atoms with van der Waals surface area (Å²) in [7, 11) is 0. The highest BCUT2D eigenvalue weighted by atomic mass is 16.3. The topological polar surface area (TPSA) is 75.1 Å². The molecule has 5 nitrogen and oxygen atoms in total. The summed E-state index contributed by atoms with van der Waals surface area (Å²) >= 11 is 0. The number of aryl methyl sites for hydroxylation is 1. The number of para-hydroxylation sites is 1. The average Bonchev–Trinajstić information content (AvgIpc) is 3.17. The summed E-state index contributed by atoms with van der Waals surface area (Å²) in [6, 6.07) is 9.43. The third kappa shape index (κ3) is 2.65. The van der Waals surface area contributed by atoms with Crippen LogP contribution in [0.15, 0.2) is 34.7 Å². The number of aromatic amines is 1. The molecule has 1 aromatic carbocycles. The molecule has 0 aliphatic heterocycles. The molecule has 0 unspecified atom stereocenters. The fourth-order valence-corrected chi connectivity index (χ4v) is 3.56. The molecule has 1 aliphatic carbocycles. The second-order valence-corrected chi connectivity index (χ2v) is 6.64. The van der Waals surface area contributed by atoms with Crippen LogP contribution in [0.3, 0.4) is 0 Å². The highest BCUT2D eigenvalue weighted by molar-refractivity contribution is 6.04. The van der Waals surface area contributed by atoms with Gasteiger partial charge in [-0.2, -0.15) is 0 Å². The van der Waals surface area contributed by atoms with Crippen LogP contribution in [0.25, 0.3) is 11.0 Å². The van der Waals surface area contributed by atoms with Crippen LogP contribution in [0.5, 0.6) is 0 Å². The fraction of sp³-hybridized carbons (Fsp3) is 0.300. The summed E-state index contributed by atoms with van der Waals surface area (Å²) in [6.45, 7) is 3.72. The van der Waals surface area contributed by atoms with Crippen LogP contribution in [0, 0.1) is 6.92 Å². The van der Waals surface area contributed by atoms with Gasteiger partial charge in [-0.05, 0) is 44.4 Å². The van der Waals surface area contributed by atoms with Gasteiger partial charge in [-0.1, -0.05) is 18.2 Å². The van der Waals surface area contributed by atoms with Crippen molar-refractivity contribution in [2.45, 2.75) is 39.2 Å². The van der Waals surface area contributed by atoms with Crippen LogP contribution in [-0.2, 0) is 6.42 Å². The maximum Gasteiger partial charge on any atom is 0.268 e. The van der Waals surface area contributed by atoms with E-state index in [9.17, 15) is 9.59 Å².